The molecule has 0 aromatic rings. The van der Waals surface area contributed by atoms with Crippen LogP contribution in [0.25, 0.3) is 0 Å². The van der Waals surface area contributed by atoms with Crippen molar-refractivity contribution in [3.05, 3.63) is 0 Å². The molecule has 0 radical (unpaired) electrons. The van der Waals surface area contributed by atoms with Crippen molar-refractivity contribution < 1.29 is 5.11 Å². The smallest absolute Gasteiger partial charge is 0.0666 e. The van der Waals surface area contributed by atoms with Gasteiger partial charge in [-0.3, -0.25) is 0 Å². The molecule has 0 heterocycles. The third-order valence-corrected chi connectivity index (χ3v) is 1.52. The number of rotatable bonds is 5. The van der Waals surface area contributed by atoms with Gasteiger partial charge in [0.05, 0.1) is 18.1 Å². The van der Waals surface area contributed by atoms with Gasteiger partial charge in [0.2, 0.25) is 0 Å². The fourth-order valence-electron chi connectivity index (χ4n) is 0.656. The zero-order valence-corrected chi connectivity index (χ0v) is 7.17. The Morgan fingerprint density at radius 2 is 2.18 bits per heavy atom. The van der Waals surface area contributed by atoms with E-state index in [1.807, 2.05) is 13.8 Å². The number of aliphatic hydroxyl groups is 1. The molecule has 0 saturated heterocycles. The van der Waals surface area contributed by atoms with Crippen LogP contribution in [-0.4, -0.2) is 24.3 Å². The van der Waals surface area contributed by atoms with E-state index in [4.69, 9.17) is 10.4 Å². The monoisotopic (exact) mass is 156 g/mol. The minimum absolute atomic E-state index is 0.0269. The van der Waals surface area contributed by atoms with Crippen LogP contribution in [0.4, 0.5) is 0 Å². The average molecular weight is 156 g/mol. The molecule has 11 heavy (non-hydrogen) atoms. The third kappa shape index (κ3) is 5.84. The highest BCUT2D eigenvalue weighted by molar-refractivity contribution is 4.80. The van der Waals surface area contributed by atoms with Crippen molar-refractivity contribution >= 4 is 0 Å². The van der Waals surface area contributed by atoms with E-state index in [0.717, 1.165) is 6.42 Å². The Morgan fingerprint density at radius 1 is 1.55 bits per heavy atom. The van der Waals surface area contributed by atoms with Gasteiger partial charge < -0.3 is 10.4 Å². The van der Waals surface area contributed by atoms with E-state index in [2.05, 4.69) is 11.4 Å². The van der Waals surface area contributed by atoms with Gasteiger partial charge >= 0.3 is 0 Å². The summed E-state index contributed by atoms with van der Waals surface area (Å²) in [5.74, 6) is 0.0269. The quantitative estimate of drug-likeness (QED) is 0.609. The second-order valence-corrected chi connectivity index (χ2v) is 2.75. The van der Waals surface area contributed by atoms with Crippen LogP contribution in [0.2, 0.25) is 0 Å². The van der Waals surface area contributed by atoms with E-state index < -0.39 is 0 Å². The van der Waals surface area contributed by atoms with Gasteiger partial charge in [0.25, 0.3) is 0 Å². The Labute approximate surface area is 68.0 Å². The molecule has 2 unspecified atom stereocenters. The molecule has 0 spiro atoms. The van der Waals surface area contributed by atoms with Gasteiger partial charge in [-0.25, -0.2) is 0 Å². The lowest BCUT2D eigenvalue weighted by Crippen LogP contribution is -2.29. The Hall–Kier alpha value is -0.590. The van der Waals surface area contributed by atoms with Gasteiger partial charge in [-0.15, -0.1) is 0 Å². The Balaban J connectivity index is 3.21. The molecule has 64 valence electrons. The maximum atomic E-state index is 9.10. The first-order valence-electron chi connectivity index (χ1n) is 3.99. The molecule has 0 fully saturated rings. The molecule has 0 aliphatic rings. The summed E-state index contributed by atoms with van der Waals surface area (Å²) < 4.78 is 0. The average Bonchev–Trinajstić information content (AvgIpc) is 2.04. The predicted molar refractivity (Wildman–Crippen MR) is 43.9 cm³/mol. The van der Waals surface area contributed by atoms with Crippen molar-refractivity contribution in [2.45, 2.75) is 26.4 Å². The van der Waals surface area contributed by atoms with Crippen LogP contribution in [0.15, 0.2) is 0 Å². The lowest BCUT2D eigenvalue weighted by Gasteiger charge is -2.09. The van der Waals surface area contributed by atoms with Crippen molar-refractivity contribution in [3.63, 3.8) is 0 Å². The van der Waals surface area contributed by atoms with E-state index in [0.29, 0.717) is 13.1 Å². The van der Waals surface area contributed by atoms with Gasteiger partial charge in [0, 0.05) is 13.1 Å². The van der Waals surface area contributed by atoms with E-state index >= 15 is 0 Å². The highest BCUT2D eigenvalue weighted by Gasteiger charge is 2.01. The second-order valence-electron chi connectivity index (χ2n) is 2.75. The molecule has 3 heteroatoms. The second kappa shape index (κ2) is 6.14. The van der Waals surface area contributed by atoms with Crippen LogP contribution in [0.1, 0.15) is 20.3 Å². The van der Waals surface area contributed by atoms with Crippen molar-refractivity contribution in [1.29, 1.82) is 5.26 Å². The summed E-state index contributed by atoms with van der Waals surface area (Å²) in [6.45, 7) is 5.03. The molecule has 2 atom stereocenters. The first kappa shape index (κ1) is 10.4. The van der Waals surface area contributed by atoms with Crippen LogP contribution in [0, 0.1) is 17.2 Å². The van der Waals surface area contributed by atoms with Crippen LogP contribution in [0.3, 0.4) is 0 Å². The highest BCUT2D eigenvalue weighted by atomic mass is 16.3. The van der Waals surface area contributed by atoms with E-state index in [9.17, 15) is 0 Å². The molecule has 2 N–H and O–H groups in total. The van der Waals surface area contributed by atoms with E-state index in [1.54, 1.807) is 0 Å². The molecule has 0 aromatic heterocycles. The molecule has 0 aromatic carbocycles. The predicted octanol–water partition coefficient (Wildman–Crippen LogP) is 0.507. The summed E-state index contributed by atoms with van der Waals surface area (Å²) in [7, 11) is 0. The van der Waals surface area contributed by atoms with Gasteiger partial charge in [-0.05, 0) is 13.3 Å². The molecule has 3 nitrogen and oxygen atoms in total. The molecule has 0 amide bonds. The standard InChI is InChI=1S/C8H16N2O/c1-3-8(11)6-10-5-7(2)4-9/h7-8,10-11H,3,5-6H2,1-2H3. The zero-order valence-electron chi connectivity index (χ0n) is 7.17. The molecule has 0 aliphatic carbocycles. The summed E-state index contributed by atoms with van der Waals surface area (Å²) in [6, 6.07) is 2.11. The van der Waals surface area contributed by atoms with Gasteiger partial charge in [-0.2, -0.15) is 5.26 Å². The third-order valence-electron chi connectivity index (χ3n) is 1.52. The number of hydrogen-bond acceptors (Lipinski definition) is 3. The van der Waals surface area contributed by atoms with E-state index in [-0.39, 0.29) is 12.0 Å². The fourth-order valence-corrected chi connectivity index (χ4v) is 0.656. The zero-order chi connectivity index (χ0) is 8.69. The van der Waals surface area contributed by atoms with Crippen LogP contribution < -0.4 is 5.32 Å². The molecule has 0 rings (SSSR count). The van der Waals surface area contributed by atoms with Crippen molar-refractivity contribution in [2.24, 2.45) is 5.92 Å². The Bertz CT molecular complexity index is 131. The van der Waals surface area contributed by atoms with Gasteiger partial charge in [0.1, 0.15) is 0 Å². The van der Waals surface area contributed by atoms with Crippen molar-refractivity contribution in [2.75, 3.05) is 13.1 Å². The number of nitrogens with one attached hydrogen (secondary N) is 1. The Morgan fingerprint density at radius 3 is 2.64 bits per heavy atom. The van der Waals surface area contributed by atoms with Crippen LogP contribution in [-0.2, 0) is 0 Å². The first-order chi connectivity index (χ1) is 5.20. The number of nitrogens with zero attached hydrogens (tertiary/aromatic N) is 1. The number of nitriles is 1. The summed E-state index contributed by atoms with van der Waals surface area (Å²) in [5, 5.41) is 20.5. The minimum Gasteiger partial charge on any atom is -0.392 e. The largest absolute Gasteiger partial charge is 0.392 e. The fraction of sp³-hybridized carbons (Fsp3) is 0.875. The van der Waals surface area contributed by atoms with Crippen molar-refractivity contribution in [1.82, 2.24) is 5.32 Å². The maximum absolute atomic E-state index is 9.10. The molecule has 0 saturated carbocycles. The lowest BCUT2D eigenvalue weighted by atomic mass is 10.2. The lowest BCUT2D eigenvalue weighted by molar-refractivity contribution is 0.167. The Kier molecular flexibility index (Phi) is 5.81. The molecular formula is C8H16N2O. The molecule has 0 aliphatic heterocycles. The SMILES string of the molecule is CCC(O)CNCC(C)C#N. The normalized spacial score (nSPS) is 15.5. The molecular weight excluding hydrogens is 140 g/mol. The van der Waals surface area contributed by atoms with Crippen molar-refractivity contribution in [3.8, 4) is 6.07 Å². The van der Waals surface area contributed by atoms with Gasteiger partial charge in [0.15, 0.2) is 0 Å². The summed E-state index contributed by atoms with van der Waals surface area (Å²) in [4.78, 5) is 0. The maximum Gasteiger partial charge on any atom is 0.0666 e. The first-order valence-corrected chi connectivity index (χ1v) is 3.99. The summed E-state index contributed by atoms with van der Waals surface area (Å²) in [6.07, 6.45) is 0.481. The van der Waals surface area contributed by atoms with Gasteiger partial charge in [-0.1, -0.05) is 6.92 Å². The van der Waals surface area contributed by atoms with E-state index in [1.165, 1.54) is 0 Å². The minimum atomic E-state index is -0.277. The van der Waals surface area contributed by atoms with Crippen LogP contribution in [0.5, 0.6) is 0 Å². The number of aliphatic hydroxyl groups excluding tert-OH is 1. The topological polar surface area (TPSA) is 56.0 Å². The summed E-state index contributed by atoms with van der Waals surface area (Å²) in [5.41, 5.74) is 0. The highest BCUT2D eigenvalue weighted by Crippen LogP contribution is 1.90. The summed E-state index contributed by atoms with van der Waals surface area (Å²) >= 11 is 0. The molecule has 0 bridgehead atoms. The van der Waals surface area contributed by atoms with Crippen LogP contribution >= 0.6 is 0 Å². The number of hydrogen-bond donors (Lipinski definition) is 2.